The summed E-state index contributed by atoms with van der Waals surface area (Å²) in [5, 5.41) is 0. The SMILES string of the molecule is CC[O][Co+].[Cl-]. The maximum Gasteiger partial charge on any atom is -1.00 e. The zero-order chi connectivity index (χ0) is 3.41. The average molecular weight is 139 g/mol. The van der Waals surface area contributed by atoms with Gasteiger partial charge in [0.25, 0.3) is 0 Å². The Morgan fingerprint density at radius 1 is 1.80 bits per heavy atom. The van der Waals surface area contributed by atoms with Gasteiger partial charge in [-0.3, -0.25) is 0 Å². The van der Waals surface area contributed by atoms with Crippen LogP contribution >= 0.6 is 0 Å². The molecule has 0 radical (unpaired) electrons. The van der Waals surface area contributed by atoms with Crippen molar-refractivity contribution in [1.29, 1.82) is 0 Å². The van der Waals surface area contributed by atoms with Crippen LogP contribution in [-0.4, -0.2) is 6.61 Å². The van der Waals surface area contributed by atoms with Crippen LogP contribution in [0.3, 0.4) is 0 Å². The fourth-order valence-electron chi connectivity index (χ4n) is 0. The van der Waals surface area contributed by atoms with E-state index >= 15 is 0 Å². The van der Waals surface area contributed by atoms with Crippen molar-refractivity contribution in [2.45, 2.75) is 6.92 Å². The Morgan fingerprint density at radius 2 is 2.00 bits per heavy atom. The van der Waals surface area contributed by atoms with Crippen LogP contribution in [0.25, 0.3) is 0 Å². The van der Waals surface area contributed by atoms with Crippen molar-refractivity contribution in [3.8, 4) is 0 Å². The van der Waals surface area contributed by atoms with Gasteiger partial charge in [-0.05, 0) is 0 Å². The van der Waals surface area contributed by atoms with Gasteiger partial charge in [0, 0.05) is 0 Å². The molecule has 3 heteroatoms. The molecule has 0 atom stereocenters. The van der Waals surface area contributed by atoms with Gasteiger partial charge < -0.3 is 12.4 Å². The molecule has 0 aromatic rings. The second kappa shape index (κ2) is 8.83. The quantitative estimate of drug-likeness (QED) is 0.390. The van der Waals surface area contributed by atoms with E-state index in [-0.39, 0.29) is 12.4 Å². The first-order valence-electron chi connectivity index (χ1n) is 1.13. The third-order valence-electron chi connectivity index (χ3n) is 0.0962. The van der Waals surface area contributed by atoms with Gasteiger partial charge in [0.05, 0.1) is 0 Å². The molecule has 1 nitrogen and oxygen atoms in total. The third kappa shape index (κ3) is 11.7. The summed E-state index contributed by atoms with van der Waals surface area (Å²) in [6, 6.07) is 0. The molecule has 0 saturated heterocycles. The Balaban J connectivity index is 0. The molecule has 0 rings (SSSR count). The summed E-state index contributed by atoms with van der Waals surface area (Å²) in [6.45, 7) is 2.56. The number of halogens is 1. The van der Waals surface area contributed by atoms with Crippen molar-refractivity contribution in [2.24, 2.45) is 0 Å². The first-order chi connectivity index (χ1) is 1.91. The van der Waals surface area contributed by atoms with E-state index in [1.165, 1.54) is 0 Å². The number of rotatable bonds is 1. The summed E-state index contributed by atoms with van der Waals surface area (Å²) in [4.78, 5) is 0. The van der Waals surface area contributed by atoms with Crippen LogP contribution < -0.4 is 12.4 Å². The normalized spacial score (nSPS) is 6.00. The molecule has 0 unspecified atom stereocenters. The Kier molecular flexibility index (Phi) is 16.3. The molecule has 0 aliphatic carbocycles. The molecular formula is C2H5ClCoO. The molecule has 5 heavy (non-hydrogen) atoms. The van der Waals surface area contributed by atoms with Gasteiger partial charge in [0.2, 0.25) is 0 Å². The predicted molar refractivity (Wildman–Crippen MR) is 11.6 cm³/mol. The first-order valence-corrected chi connectivity index (χ1v) is 1.56. The monoisotopic (exact) mass is 139 g/mol. The average Bonchev–Trinajstić information content (AvgIpc) is 1.37. The molecule has 0 aliphatic rings. The van der Waals surface area contributed by atoms with Gasteiger partial charge in [-0.2, -0.15) is 0 Å². The minimum atomic E-state index is 0. The first kappa shape index (κ1) is 9.23. The smallest absolute Gasteiger partial charge is 1.00 e. The molecule has 0 bridgehead atoms. The van der Waals surface area contributed by atoms with E-state index in [0.717, 1.165) is 0 Å². The van der Waals surface area contributed by atoms with Crippen molar-refractivity contribution in [3.63, 3.8) is 0 Å². The zero-order valence-corrected chi connectivity index (χ0v) is 4.62. The second-order valence-electron chi connectivity index (χ2n) is 0.385. The van der Waals surface area contributed by atoms with Crippen molar-refractivity contribution in [2.75, 3.05) is 6.61 Å². The van der Waals surface area contributed by atoms with E-state index in [1.54, 1.807) is 0 Å². The molecule has 35 valence electrons. The maximum atomic E-state index is 4.23. The summed E-state index contributed by atoms with van der Waals surface area (Å²) < 4.78 is 4.23. The van der Waals surface area contributed by atoms with Crippen LogP contribution in [0.2, 0.25) is 0 Å². The Labute approximate surface area is 46.4 Å². The largest absolute Gasteiger partial charge is 1.00 e. The molecule has 0 spiro atoms. The van der Waals surface area contributed by atoms with Crippen molar-refractivity contribution < 1.29 is 32.3 Å². The molecular weight excluding hydrogens is 134 g/mol. The molecule has 0 N–H and O–H groups in total. The van der Waals surface area contributed by atoms with Gasteiger partial charge in [-0.25, -0.2) is 0 Å². The minimum Gasteiger partial charge on any atom is -1.00 e. The van der Waals surface area contributed by atoms with E-state index in [2.05, 4.69) is 19.9 Å². The van der Waals surface area contributed by atoms with Crippen LogP contribution in [0.15, 0.2) is 0 Å². The van der Waals surface area contributed by atoms with Gasteiger partial charge >= 0.3 is 33.4 Å². The molecule has 0 aromatic carbocycles. The Morgan fingerprint density at radius 3 is 2.00 bits per heavy atom. The molecule has 0 aliphatic heterocycles. The molecule has 0 fully saturated rings. The van der Waals surface area contributed by atoms with Gasteiger partial charge in [-0.15, -0.1) is 0 Å². The van der Waals surface area contributed by atoms with E-state index in [0.29, 0.717) is 6.61 Å². The topological polar surface area (TPSA) is 9.23 Å². The van der Waals surface area contributed by atoms with Crippen LogP contribution in [0, 0.1) is 0 Å². The van der Waals surface area contributed by atoms with E-state index in [4.69, 9.17) is 0 Å². The van der Waals surface area contributed by atoms with Crippen LogP contribution in [-0.2, 0) is 19.9 Å². The Hall–Kier alpha value is 0.756. The molecule has 0 amide bonds. The summed E-state index contributed by atoms with van der Waals surface area (Å²) >= 11 is 3.46. The number of hydrogen-bond acceptors (Lipinski definition) is 1. The van der Waals surface area contributed by atoms with Crippen LogP contribution in [0.4, 0.5) is 0 Å². The van der Waals surface area contributed by atoms with E-state index in [1.807, 2.05) is 6.92 Å². The summed E-state index contributed by atoms with van der Waals surface area (Å²) in [7, 11) is 0. The molecule has 0 saturated carbocycles. The summed E-state index contributed by atoms with van der Waals surface area (Å²) in [6.07, 6.45) is 0. The number of hydrogen-bond donors (Lipinski definition) is 0. The van der Waals surface area contributed by atoms with Gasteiger partial charge in [-0.1, -0.05) is 0 Å². The van der Waals surface area contributed by atoms with Gasteiger partial charge in [0.1, 0.15) is 0 Å². The third-order valence-corrected chi connectivity index (χ3v) is 0.397. The van der Waals surface area contributed by atoms with E-state index in [9.17, 15) is 0 Å². The summed E-state index contributed by atoms with van der Waals surface area (Å²) in [5.74, 6) is 0. The van der Waals surface area contributed by atoms with Crippen molar-refractivity contribution in [3.05, 3.63) is 0 Å². The fourth-order valence-corrected chi connectivity index (χ4v) is 0. The second-order valence-corrected chi connectivity index (χ2v) is 0.685. The van der Waals surface area contributed by atoms with Crippen LogP contribution in [0.1, 0.15) is 6.92 Å². The van der Waals surface area contributed by atoms with E-state index < -0.39 is 0 Å². The van der Waals surface area contributed by atoms with Crippen LogP contribution in [0.5, 0.6) is 0 Å². The molecule has 0 aromatic heterocycles. The summed E-state index contributed by atoms with van der Waals surface area (Å²) in [5.41, 5.74) is 0. The predicted octanol–water partition coefficient (Wildman–Crippen LogP) is -2.51. The van der Waals surface area contributed by atoms with Crippen molar-refractivity contribution >= 4 is 0 Å². The van der Waals surface area contributed by atoms with Crippen molar-refractivity contribution in [1.82, 2.24) is 0 Å². The Bertz CT molecular complexity index is 11.6. The fraction of sp³-hybridized carbons (Fsp3) is 1.00. The molecule has 0 heterocycles. The maximum absolute atomic E-state index is 4.23. The van der Waals surface area contributed by atoms with Gasteiger partial charge in [0.15, 0.2) is 0 Å². The zero-order valence-electron chi connectivity index (χ0n) is 2.83. The minimum absolute atomic E-state index is 0. The standard InChI is InChI=1S/C2H5O.ClH.Co/c1-2-3;;/h2H2,1H3;1H;/q-1;;+2/p-1.